The highest BCUT2D eigenvalue weighted by molar-refractivity contribution is 6.13. The van der Waals surface area contributed by atoms with Crippen LogP contribution in [0.5, 0.6) is 0 Å². The third kappa shape index (κ3) is 7.65. The topological polar surface area (TPSA) is 157 Å². The van der Waals surface area contributed by atoms with Crippen molar-refractivity contribution in [3.8, 4) is 91.8 Å². The molecule has 12 aromatic rings. The van der Waals surface area contributed by atoms with E-state index in [2.05, 4.69) is 190 Å². The quantitative estimate of drug-likeness (QED) is 0.153. The highest BCUT2D eigenvalue weighted by Gasteiger charge is 2.21. The third-order valence-corrected chi connectivity index (χ3v) is 13.8. The molecule has 0 saturated carbocycles. The molecule has 0 saturated heterocycles. The van der Waals surface area contributed by atoms with Gasteiger partial charge >= 0.3 is 0 Å². The molecule has 0 amide bonds. The molecule has 0 fully saturated rings. The molecule has 4 aromatic heterocycles. The van der Waals surface area contributed by atoms with E-state index < -0.39 is 0 Å². The van der Waals surface area contributed by atoms with Gasteiger partial charge in [-0.05, 0) is 128 Å². The minimum absolute atomic E-state index is 0.353. The molecule has 0 aliphatic heterocycles. The molecular formula is C64H40N10. The molecular weight excluding hydrogens is 909 g/mol. The van der Waals surface area contributed by atoms with Gasteiger partial charge in [-0.25, -0.2) is 19.9 Å². The maximum absolute atomic E-state index is 10.9. The molecule has 4 heterocycles. The molecule has 10 heteroatoms. The lowest BCUT2D eigenvalue weighted by molar-refractivity contribution is 1.14. The molecule has 8 aromatic carbocycles. The van der Waals surface area contributed by atoms with Crippen molar-refractivity contribution in [1.29, 1.82) is 21.0 Å². The first-order valence-electron chi connectivity index (χ1n) is 24.0. The number of nitrogens with zero attached hydrogens (tertiary/aromatic N) is 10. The molecule has 0 spiro atoms. The van der Waals surface area contributed by atoms with E-state index in [9.17, 15) is 21.0 Å². The van der Waals surface area contributed by atoms with Crippen molar-refractivity contribution in [2.75, 3.05) is 0 Å². The van der Waals surface area contributed by atoms with Gasteiger partial charge in [0.05, 0.1) is 55.7 Å². The van der Waals surface area contributed by atoms with Crippen LogP contribution in [0, 0.1) is 73.0 Å². The highest BCUT2D eigenvalue weighted by Crippen LogP contribution is 2.42. The minimum Gasteiger partial charge on any atom is -0.308 e. The third-order valence-electron chi connectivity index (χ3n) is 13.8. The van der Waals surface area contributed by atoms with E-state index >= 15 is 0 Å². The van der Waals surface area contributed by atoms with Crippen molar-refractivity contribution >= 4 is 43.6 Å². The molecule has 0 unspecified atom stereocenters. The summed E-state index contributed by atoms with van der Waals surface area (Å²) in [6, 6.07) is 59.8. The number of aromatic nitrogens is 6. The lowest BCUT2D eigenvalue weighted by Crippen LogP contribution is -2.00. The molecule has 346 valence electrons. The molecule has 0 bridgehead atoms. The Balaban J connectivity index is 1.08. The van der Waals surface area contributed by atoms with E-state index in [1.807, 2.05) is 30.3 Å². The van der Waals surface area contributed by atoms with Crippen molar-refractivity contribution in [2.45, 2.75) is 27.7 Å². The zero-order chi connectivity index (χ0) is 50.8. The van der Waals surface area contributed by atoms with Crippen LogP contribution >= 0.6 is 0 Å². The Morgan fingerprint density at radius 2 is 0.662 bits per heavy atom. The number of rotatable bonds is 7. The number of benzene rings is 8. The largest absolute Gasteiger partial charge is 0.308 e. The summed E-state index contributed by atoms with van der Waals surface area (Å²) in [6.45, 7) is 8.45. The number of hydrogen-bond acceptors (Lipinski definition) is 8. The number of aryl methyl sites for hydroxylation is 4. The van der Waals surface area contributed by atoms with Gasteiger partial charge in [-0.3, -0.25) is 0 Å². The number of fused-ring (bicyclic) bond motifs is 6. The molecule has 0 atom stereocenters. The maximum Gasteiger partial charge on any atom is 0.159 e. The van der Waals surface area contributed by atoms with E-state index in [1.165, 1.54) is 47.0 Å². The van der Waals surface area contributed by atoms with Crippen LogP contribution in [-0.4, -0.2) is 29.1 Å². The van der Waals surface area contributed by atoms with Crippen LogP contribution in [0.15, 0.2) is 170 Å². The van der Waals surface area contributed by atoms with Crippen molar-refractivity contribution in [2.24, 2.45) is 0 Å². The zero-order valence-corrected chi connectivity index (χ0v) is 40.6. The molecule has 0 aliphatic rings. The lowest BCUT2D eigenvalue weighted by atomic mass is 9.98. The minimum atomic E-state index is 0.353. The monoisotopic (exact) mass is 948 g/mol. The summed E-state index contributed by atoms with van der Waals surface area (Å²) in [7, 11) is 0. The summed E-state index contributed by atoms with van der Waals surface area (Å²) in [5, 5.41) is 44.6. The van der Waals surface area contributed by atoms with Crippen LogP contribution in [-0.2, 0) is 0 Å². The second-order valence-corrected chi connectivity index (χ2v) is 18.9. The van der Waals surface area contributed by atoms with Gasteiger partial charge in [-0.2, -0.15) is 21.0 Å². The summed E-state index contributed by atoms with van der Waals surface area (Å²) in [5.74, 6) is 0.836. The number of hydrogen-bond donors (Lipinski definition) is 0. The summed E-state index contributed by atoms with van der Waals surface area (Å²) in [4.78, 5) is 17.7. The van der Waals surface area contributed by atoms with Gasteiger partial charge in [0.2, 0.25) is 0 Å². The summed E-state index contributed by atoms with van der Waals surface area (Å²) in [5.41, 5.74) is 19.1. The van der Waals surface area contributed by atoms with Crippen molar-refractivity contribution in [3.63, 3.8) is 0 Å². The summed E-state index contributed by atoms with van der Waals surface area (Å²) >= 11 is 0. The second kappa shape index (κ2) is 17.7. The Hall–Kier alpha value is -10.5. The van der Waals surface area contributed by atoms with E-state index in [0.29, 0.717) is 56.4 Å². The van der Waals surface area contributed by atoms with Crippen LogP contribution in [0.2, 0.25) is 0 Å². The average molecular weight is 949 g/mol. The Labute approximate surface area is 426 Å². The first-order valence-corrected chi connectivity index (χ1v) is 24.0. The summed E-state index contributed by atoms with van der Waals surface area (Å²) in [6.07, 6.45) is 5.94. The molecule has 0 aliphatic carbocycles. The Morgan fingerprint density at radius 1 is 0.311 bits per heavy atom. The van der Waals surface area contributed by atoms with Crippen LogP contribution < -0.4 is 0 Å². The van der Waals surface area contributed by atoms with Crippen LogP contribution in [0.3, 0.4) is 0 Å². The zero-order valence-electron chi connectivity index (χ0n) is 40.6. The standard InChI is InChI=1S/C64H40N10/c1-37-17-38(2)20-49(19-37)43-8-16-59-56(25-43)55-13-6-45(27-62(55)73(59)57-14-9-47(23-51(57)31-67)63-69-33-41(29-65)34-70-63)44-5-11-53-54-12-7-46(50-21-39(3)18-40(4)22-50)28-61(54)74(60(53)26-44)58-15-10-48(24-52(58)32-68)64-71-35-42(30-66)36-72-64/h5-28,33-36H,1-4H3. The van der Waals surface area contributed by atoms with Crippen molar-refractivity contribution in [1.82, 2.24) is 29.1 Å². The fourth-order valence-electron chi connectivity index (χ4n) is 10.5. The van der Waals surface area contributed by atoms with Gasteiger partial charge in [-0.1, -0.05) is 101 Å². The van der Waals surface area contributed by atoms with Gasteiger partial charge < -0.3 is 9.13 Å². The first kappa shape index (κ1) is 44.7. The van der Waals surface area contributed by atoms with Gasteiger partial charge in [0, 0.05) is 57.5 Å². The second-order valence-electron chi connectivity index (χ2n) is 18.9. The van der Waals surface area contributed by atoms with Gasteiger partial charge in [0.1, 0.15) is 24.3 Å². The summed E-state index contributed by atoms with van der Waals surface area (Å²) < 4.78 is 4.36. The van der Waals surface area contributed by atoms with E-state index in [1.54, 1.807) is 6.07 Å². The molecule has 12 rings (SSSR count). The lowest BCUT2D eigenvalue weighted by Gasteiger charge is -2.13. The number of nitriles is 4. The maximum atomic E-state index is 10.9. The average Bonchev–Trinajstić information content (AvgIpc) is 3.93. The highest BCUT2D eigenvalue weighted by atomic mass is 15.0. The molecule has 74 heavy (non-hydrogen) atoms. The van der Waals surface area contributed by atoms with Crippen LogP contribution in [0.1, 0.15) is 44.5 Å². The molecule has 10 nitrogen and oxygen atoms in total. The van der Waals surface area contributed by atoms with Gasteiger partial charge in [0.15, 0.2) is 11.6 Å². The van der Waals surface area contributed by atoms with Crippen LogP contribution in [0.25, 0.3) is 111 Å². The fraction of sp³-hybridized carbons (Fsp3) is 0.0625. The van der Waals surface area contributed by atoms with Crippen molar-refractivity contribution in [3.05, 3.63) is 215 Å². The Kier molecular flexibility index (Phi) is 10.7. The van der Waals surface area contributed by atoms with E-state index in [0.717, 1.165) is 77.0 Å². The van der Waals surface area contributed by atoms with E-state index in [4.69, 9.17) is 0 Å². The molecule has 0 N–H and O–H groups in total. The normalized spacial score (nSPS) is 11.2. The Morgan fingerprint density at radius 3 is 1.07 bits per heavy atom. The Bertz CT molecular complexity index is 4460. The van der Waals surface area contributed by atoms with Crippen LogP contribution in [0.4, 0.5) is 0 Å². The van der Waals surface area contributed by atoms with Gasteiger partial charge in [0.25, 0.3) is 0 Å². The molecule has 0 radical (unpaired) electrons. The predicted octanol–water partition coefficient (Wildman–Crippen LogP) is 14.5. The fourth-order valence-corrected chi connectivity index (χ4v) is 10.5. The van der Waals surface area contributed by atoms with E-state index in [-0.39, 0.29) is 0 Å². The predicted molar refractivity (Wildman–Crippen MR) is 291 cm³/mol. The SMILES string of the molecule is Cc1cc(C)cc(-c2ccc3c(c2)c2ccc(-c4ccc5c6ccc(-c7cc(C)cc(C)c7)cc6n(-c6ccc(-c7ncc(C#N)cn7)cc6C#N)c5c4)cc2n3-c2ccc(-c3ncc(C#N)cn3)cc2C#N)c1. The van der Waals surface area contributed by atoms with Crippen molar-refractivity contribution < 1.29 is 0 Å². The van der Waals surface area contributed by atoms with Gasteiger partial charge in [-0.15, -0.1) is 0 Å². The first-order chi connectivity index (χ1) is 36.1. The smallest absolute Gasteiger partial charge is 0.159 e.